The van der Waals surface area contributed by atoms with E-state index in [1.807, 2.05) is 30.3 Å². The van der Waals surface area contributed by atoms with Crippen LogP contribution < -0.4 is 0 Å². The molecule has 3 heteroatoms. The molecule has 0 aliphatic carbocycles. The van der Waals surface area contributed by atoms with Gasteiger partial charge in [-0.15, -0.1) is 0 Å². The molecule has 0 atom stereocenters. The summed E-state index contributed by atoms with van der Waals surface area (Å²) >= 11 is 0. The summed E-state index contributed by atoms with van der Waals surface area (Å²) in [6.45, 7) is 0. The Morgan fingerprint density at radius 1 is 0.850 bits per heavy atom. The topological polar surface area (TPSA) is 42.2 Å². The Labute approximate surface area is 114 Å². The summed E-state index contributed by atoms with van der Waals surface area (Å²) in [5.41, 5.74) is 0.723. The highest BCUT2D eigenvalue weighted by atomic mass is 16.4. The number of carboxylic acid groups (broad SMARTS) is 1. The van der Waals surface area contributed by atoms with Crippen LogP contribution in [-0.2, 0) is 0 Å². The van der Waals surface area contributed by atoms with E-state index in [2.05, 4.69) is 24.3 Å². The molecule has 3 nitrogen and oxygen atoms in total. The molecule has 1 N–H and O–H groups in total. The SMILES string of the molecule is O=C(O)n1ccc2c3c(ccc4ccccc43)ccc21. The van der Waals surface area contributed by atoms with Crippen molar-refractivity contribution >= 4 is 38.5 Å². The van der Waals surface area contributed by atoms with Crippen LogP contribution in [0.3, 0.4) is 0 Å². The van der Waals surface area contributed by atoms with Crippen molar-refractivity contribution < 1.29 is 9.90 Å². The van der Waals surface area contributed by atoms with E-state index in [-0.39, 0.29) is 0 Å². The maximum Gasteiger partial charge on any atom is 0.415 e. The standard InChI is InChI=1S/C17H11NO2/c19-17(20)18-10-9-14-15(18)8-7-12-6-5-11-3-1-2-4-13(11)16(12)14/h1-10H,(H,19,20). The van der Waals surface area contributed by atoms with Crippen LogP contribution in [-0.4, -0.2) is 15.8 Å². The van der Waals surface area contributed by atoms with Crippen molar-refractivity contribution in [1.82, 2.24) is 4.57 Å². The molecular weight excluding hydrogens is 250 g/mol. The predicted molar refractivity (Wildman–Crippen MR) is 80.4 cm³/mol. The van der Waals surface area contributed by atoms with Crippen molar-refractivity contribution in [3.05, 3.63) is 60.8 Å². The van der Waals surface area contributed by atoms with Crippen LogP contribution >= 0.6 is 0 Å². The van der Waals surface area contributed by atoms with E-state index in [4.69, 9.17) is 0 Å². The summed E-state index contributed by atoms with van der Waals surface area (Å²) in [5, 5.41) is 14.7. The molecule has 0 unspecified atom stereocenters. The van der Waals surface area contributed by atoms with Crippen LogP contribution in [0.5, 0.6) is 0 Å². The Kier molecular flexibility index (Phi) is 2.12. The van der Waals surface area contributed by atoms with Gasteiger partial charge in [-0.25, -0.2) is 4.79 Å². The van der Waals surface area contributed by atoms with Gasteiger partial charge in [0.15, 0.2) is 0 Å². The van der Waals surface area contributed by atoms with Crippen LogP contribution in [0, 0.1) is 0 Å². The van der Waals surface area contributed by atoms with Gasteiger partial charge in [0.1, 0.15) is 0 Å². The van der Waals surface area contributed by atoms with Gasteiger partial charge >= 0.3 is 6.09 Å². The number of hydrogen-bond donors (Lipinski definition) is 1. The maximum absolute atomic E-state index is 11.2. The first-order valence-electron chi connectivity index (χ1n) is 6.40. The lowest BCUT2D eigenvalue weighted by Crippen LogP contribution is -2.05. The summed E-state index contributed by atoms with van der Waals surface area (Å²) < 4.78 is 1.26. The lowest BCUT2D eigenvalue weighted by molar-refractivity contribution is 0.197. The third-order valence-corrected chi connectivity index (χ3v) is 3.78. The van der Waals surface area contributed by atoms with E-state index >= 15 is 0 Å². The number of benzene rings is 3. The first-order valence-corrected chi connectivity index (χ1v) is 6.40. The zero-order valence-corrected chi connectivity index (χ0v) is 10.6. The zero-order chi connectivity index (χ0) is 13.7. The van der Waals surface area contributed by atoms with Crippen molar-refractivity contribution in [3.63, 3.8) is 0 Å². The van der Waals surface area contributed by atoms with Crippen molar-refractivity contribution in [2.75, 3.05) is 0 Å². The Balaban J connectivity index is 2.28. The summed E-state index contributed by atoms with van der Waals surface area (Å²) in [6.07, 6.45) is 0.647. The molecule has 0 fully saturated rings. The maximum atomic E-state index is 11.2. The van der Waals surface area contributed by atoms with E-state index in [0.717, 1.165) is 32.4 Å². The van der Waals surface area contributed by atoms with Crippen molar-refractivity contribution in [2.24, 2.45) is 0 Å². The molecule has 3 aromatic carbocycles. The number of fused-ring (bicyclic) bond motifs is 5. The van der Waals surface area contributed by atoms with E-state index in [1.54, 1.807) is 6.20 Å². The first kappa shape index (κ1) is 11.1. The summed E-state index contributed by atoms with van der Waals surface area (Å²) in [6, 6.07) is 18.1. The minimum absolute atomic E-state index is 0.723. The lowest BCUT2D eigenvalue weighted by atomic mass is 9.99. The molecule has 0 aliphatic rings. The van der Waals surface area contributed by atoms with Crippen LogP contribution in [0.1, 0.15) is 0 Å². The molecule has 20 heavy (non-hydrogen) atoms. The van der Waals surface area contributed by atoms with Crippen LogP contribution in [0.15, 0.2) is 60.8 Å². The number of aromatic nitrogens is 1. The number of carbonyl (C=O) groups is 1. The third-order valence-electron chi connectivity index (χ3n) is 3.78. The van der Waals surface area contributed by atoms with Crippen LogP contribution in [0.25, 0.3) is 32.4 Å². The molecule has 4 rings (SSSR count). The largest absolute Gasteiger partial charge is 0.464 e. The van der Waals surface area contributed by atoms with Gasteiger partial charge in [0, 0.05) is 11.6 Å². The second kappa shape index (κ2) is 3.84. The van der Waals surface area contributed by atoms with Gasteiger partial charge in [-0.05, 0) is 33.7 Å². The molecule has 0 aliphatic heterocycles. The smallest absolute Gasteiger partial charge is 0.415 e. The van der Waals surface area contributed by atoms with Gasteiger partial charge in [-0.1, -0.05) is 42.5 Å². The molecule has 0 radical (unpaired) electrons. The van der Waals surface area contributed by atoms with Gasteiger partial charge in [0.25, 0.3) is 0 Å². The first-order chi connectivity index (χ1) is 9.75. The molecule has 0 saturated heterocycles. The predicted octanol–water partition coefficient (Wildman–Crippen LogP) is 4.47. The molecule has 4 aromatic rings. The van der Waals surface area contributed by atoms with E-state index < -0.39 is 6.09 Å². The molecule has 0 bridgehead atoms. The van der Waals surface area contributed by atoms with Crippen molar-refractivity contribution in [1.29, 1.82) is 0 Å². The van der Waals surface area contributed by atoms with E-state index in [1.165, 1.54) is 4.57 Å². The number of hydrogen-bond acceptors (Lipinski definition) is 1. The van der Waals surface area contributed by atoms with E-state index in [0.29, 0.717) is 0 Å². The van der Waals surface area contributed by atoms with Gasteiger partial charge in [-0.2, -0.15) is 0 Å². The Bertz CT molecular complexity index is 982. The molecule has 1 aromatic heterocycles. The zero-order valence-electron chi connectivity index (χ0n) is 10.6. The second-order valence-electron chi connectivity index (χ2n) is 4.85. The highest BCUT2D eigenvalue weighted by molar-refractivity contribution is 6.20. The average Bonchev–Trinajstić information content (AvgIpc) is 2.90. The third kappa shape index (κ3) is 1.37. The van der Waals surface area contributed by atoms with E-state index in [9.17, 15) is 9.90 Å². The molecular formula is C17H11NO2. The Morgan fingerprint density at radius 2 is 1.60 bits per heavy atom. The summed E-state index contributed by atoms with van der Waals surface area (Å²) in [5.74, 6) is 0. The fourth-order valence-corrected chi connectivity index (χ4v) is 2.89. The van der Waals surface area contributed by atoms with Gasteiger partial charge < -0.3 is 5.11 Å². The fourth-order valence-electron chi connectivity index (χ4n) is 2.89. The van der Waals surface area contributed by atoms with Crippen molar-refractivity contribution in [2.45, 2.75) is 0 Å². The Morgan fingerprint density at radius 3 is 2.45 bits per heavy atom. The quantitative estimate of drug-likeness (QED) is 0.474. The Hall–Kier alpha value is -2.81. The van der Waals surface area contributed by atoms with Crippen molar-refractivity contribution in [3.8, 4) is 0 Å². The number of nitrogens with zero attached hydrogens (tertiary/aromatic N) is 1. The molecule has 0 saturated carbocycles. The molecule has 0 amide bonds. The number of rotatable bonds is 0. The highest BCUT2D eigenvalue weighted by Gasteiger charge is 2.11. The molecule has 1 heterocycles. The van der Waals surface area contributed by atoms with Gasteiger partial charge in [-0.3, -0.25) is 4.57 Å². The second-order valence-corrected chi connectivity index (χ2v) is 4.85. The summed E-state index contributed by atoms with van der Waals surface area (Å²) in [7, 11) is 0. The average molecular weight is 261 g/mol. The highest BCUT2D eigenvalue weighted by Crippen LogP contribution is 2.32. The lowest BCUT2D eigenvalue weighted by Gasteiger charge is -2.06. The van der Waals surface area contributed by atoms with Crippen LogP contribution in [0.2, 0.25) is 0 Å². The fraction of sp³-hybridized carbons (Fsp3) is 0. The van der Waals surface area contributed by atoms with Gasteiger partial charge in [0.2, 0.25) is 0 Å². The van der Waals surface area contributed by atoms with Gasteiger partial charge in [0.05, 0.1) is 5.52 Å². The summed E-state index contributed by atoms with van der Waals surface area (Å²) in [4.78, 5) is 11.2. The monoisotopic (exact) mass is 261 g/mol. The van der Waals surface area contributed by atoms with Crippen LogP contribution in [0.4, 0.5) is 4.79 Å². The molecule has 0 spiro atoms. The normalized spacial score (nSPS) is 11.4. The molecule has 96 valence electrons. The minimum atomic E-state index is -0.959. The minimum Gasteiger partial charge on any atom is -0.464 e.